The fourth-order valence-corrected chi connectivity index (χ4v) is 2.72. The molecule has 21 heavy (non-hydrogen) atoms. The molecule has 5 nitrogen and oxygen atoms in total. The Morgan fingerprint density at radius 3 is 2.57 bits per heavy atom. The van der Waals surface area contributed by atoms with Crippen LogP contribution in [0.3, 0.4) is 0 Å². The molecule has 0 unspecified atom stereocenters. The van der Waals surface area contributed by atoms with E-state index in [2.05, 4.69) is 15.5 Å². The number of aromatic nitrogens is 2. The Hall–Kier alpha value is -1.66. The molecule has 0 aliphatic carbocycles. The van der Waals surface area contributed by atoms with E-state index in [-0.39, 0.29) is 0 Å². The molecule has 114 valence electrons. The minimum atomic E-state index is 0.604. The third-order valence-corrected chi connectivity index (χ3v) is 3.88. The Bertz CT molecular complexity index is 572. The van der Waals surface area contributed by atoms with Gasteiger partial charge in [0.2, 0.25) is 0 Å². The van der Waals surface area contributed by atoms with Gasteiger partial charge in [-0.2, -0.15) is 0 Å². The number of likely N-dealkylation sites (N-methyl/N-ethyl adjacent to an activating group) is 1. The van der Waals surface area contributed by atoms with Crippen LogP contribution >= 0.6 is 11.3 Å². The SMILES string of the molecule is CCOc1ccc(-c2nnc(CCNC)s2)cc1OCC. The van der Waals surface area contributed by atoms with Crippen LogP contribution in [0.5, 0.6) is 11.5 Å². The molecule has 2 rings (SSSR count). The zero-order chi connectivity index (χ0) is 15.1. The van der Waals surface area contributed by atoms with Crippen LogP contribution in [0.1, 0.15) is 18.9 Å². The Labute approximate surface area is 129 Å². The zero-order valence-corrected chi connectivity index (χ0v) is 13.5. The van der Waals surface area contributed by atoms with Gasteiger partial charge in [-0.05, 0) is 39.1 Å². The molecule has 0 fully saturated rings. The average Bonchev–Trinajstić information content (AvgIpc) is 2.96. The molecule has 0 amide bonds. The van der Waals surface area contributed by atoms with Crippen molar-refractivity contribution in [3.63, 3.8) is 0 Å². The molecule has 2 aromatic rings. The monoisotopic (exact) mass is 307 g/mol. The maximum absolute atomic E-state index is 5.64. The summed E-state index contributed by atoms with van der Waals surface area (Å²) in [7, 11) is 1.93. The van der Waals surface area contributed by atoms with E-state index >= 15 is 0 Å². The largest absolute Gasteiger partial charge is 0.490 e. The van der Waals surface area contributed by atoms with Gasteiger partial charge in [0.15, 0.2) is 11.5 Å². The molecule has 0 aliphatic heterocycles. The highest BCUT2D eigenvalue weighted by atomic mass is 32.1. The molecule has 0 spiro atoms. The summed E-state index contributed by atoms with van der Waals surface area (Å²) in [6.07, 6.45) is 0.892. The van der Waals surface area contributed by atoms with E-state index in [0.29, 0.717) is 13.2 Å². The second-order valence-corrected chi connectivity index (χ2v) is 5.44. The predicted octanol–water partition coefficient (Wildman–Crippen LogP) is 2.76. The lowest BCUT2D eigenvalue weighted by atomic mass is 10.2. The van der Waals surface area contributed by atoms with Crippen molar-refractivity contribution < 1.29 is 9.47 Å². The number of hydrogen-bond acceptors (Lipinski definition) is 6. The highest BCUT2D eigenvalue weighted by Gasteiger charge is 2.11. The van der Waals surface area contributed by atoms with Gasteiger partial charge in [-0.25, -0.2) is 0 Å². The van der Waals surface area contributed by atoms with Crippen LogP contribution < -0.4 is 14.8 Å². The van der Waals surface area contributed by atoms with E-state index in [1.54, 1.807) is 11.3 Å². The number of nitrogens with one attached hydrogen (secondary N) is 1. The molecule has 0 bridgehead atoms. The fourth-order valence-electron chi connectivity index (χ4n) is 1.89. The van der Waals surface area contributed by atoms with Gasteiger partial charge in [-0.3, -0.25) is 0 Å². The summed E-state index contributed by atoms with van der Waals surface area (Å²) in [5, 5.41) is 13.5. The first kappa shape index (κ1) is 15.7. The molecule has 1 aromatic heterocycles. The van der Waals surface area contributed by atoms with Crippen LogP contribution in [-0.4, -0.2) is 37.0 Å². The quantitative estimate of drug-likeness (QED) is 0.812. The van der Waals surface area contributed by atoms with Crippen molar-refractivity contribution in [2.75, 3.05) is 26.8 Å². The van der Waals surface area contributed by atoms with Gasteiger partial charge in [-0.15, -0.1) is 10.2 Å². The van der Waals surface area contributed by atoms with Crippen molar-refractivity contribution in [1.29, 1.82) is 0 Å². The van der Waals surface area contributed by atoms with E-state index in [9.17, 15) is 0 Å². The zero-order valence-electron chi connectivity index (χ0n) is 12.7. The van der Waals surface area contributed by atoms with Gasteiger partial charge in [0, 0.05) is 18.5 Å². The van der Waals surface area contributed by atoms with Crippen LogP contribution in [0.15, 0.2) is 18.2 Å². The van der Waals surface area contributed by atoms with Gasteiger partial charge in [0.25, 0.3) is 0 Å². The molecule has 1 heterocycles. The second kappa shape index (κ2) is 7.95. The number of nitrogens with zero attached hydrogens (tertiary/aromatic N) is 2. The summed E-state index contributed by atoms with van der Waals surface area (Å²) in [6.45, 7) is 6.05. The summed E-state index contributed by atoms with van der Waals surface area (Å²) >= 11 is 1.61. The topological polar surface area (TPSA) is 56.3 Å². The number of benzene rings is 1. The van der Waals surface area contributed by atoms with Crippen molar-refractivity contribution in [3.05, 3.63) is 23.2 Å². The van der Waals surface area contributed by atoms with Gasteiger partial charge < -0.3 is 14.8 Å². The molecule has 1 N–H and O–H groups in total. The highest BCUT2D eigenvalue weighted by molar-refractivity contribution is 7.14. The molecule has 0 saturated heterocycles. The standard InChI is InChI=1S/C15H21N3O2S/c1-4-19-12-7-6-11(10-13(12)20-5-2)15-18-17-14(21-15)8-9-16-3/h6-7,10,16H,4-5,8-9H2,1-3H3. The normalized spacial score (nSPS) is 10.6. The van der Waals surface area contributed by atoms with E-state index in [1.165, 1.54) is 0 Å². The lowest BCUT2D eigenvalue weighted by Gasteiger charge is -2.11. The average molecular weight is 307 g/mol. The molecule has 0 atom stereocenters. The van der Waals surface area contributed by atoms with Crippen LogP contribution in [0.4, 0.5) is 0 Å². The van der Waals surface area contributed by atoms with Crippen LogP contribution in [-0.2, 0) is 6.42 Å². The smallest absolute Gasteiger partial charge is 0.161 e. The van der Waals surface area contributed by atoms with Crippen LogP contribution in [0.25, 0.3) is 10.6 Å². The van der Waals surface area contributed by atoms with E-state index in [0.717, 1.165) is 40.0 Å². The van der Waals surface area contributed by atoms with Crippen molar-refractivity contribution >= 4 is 11.3 Å². The summed E-state index contributed by atoms with van der Waals surface area (Å²) in [5.41, 5.74) is 1.01. The summed E-state index contributed by atoms with van der Waals surface area (Å²) in [6, 6.07) is 5.89. The van der Waals surface area contributed by atoms with Gasteiger partial charge in [-0.1, -0.05) is 11.3 Å². The lowest BCUT2D eigenvalue weighted by molar-refractivity contribution is 0.288. The van der Waals surface area contributed by atoms with Crippen LogP contribution in [0.2, 0.25) is 0 Å². The molecule has 0 radical (unpaired) electrons. The number of ether oxygens (including phenoxy) is 2. The van der Waals surface area contributed by atoms with Gasteiger partial charge in [0.1, 0.15) is 10.0 Å². The third kappa shape index (κ3) is 4.15. The third-order valence-electron chi connectivity index (χ3n) is 2.85. The first-order valence-corrected chi connectivity index (χ1v) is 7.97. The Morgan fingerprint density at radius 1 is 1.10 bits per heavy atom. The van der Waals surface area contributed by atoms with E-state index in [4.69, 9.17) is 9.47 Å². The number of rotatable bonds is 8. The summed E-state index contributed by atoms with van der Waals surface area (Å²) in [5.74, 6) is 1.52. The van der Waals surface area contributed by atoms with Crippen LogP contribution in [0, 0.1) is 0 Å². The molecular weight excluding hydrogens is 286 g/mol. The van der Waals surface area contributed by atoms with Gasteiger partial charge in [0.05, 0.1) is 13.2 Å². The number of hydrogen-bond donors (Lipinski definition) is 1. The highest BCUT2D eigenvalue weighted by Crippen LogP contribution is 2.34. The predicted molar refractivity (Wildman–Crippen MR) is 85.3 cm³/mol. The minimum Gasteiger partial charge on any atom is -0.490 e. The van der Waals surface area contributed by atoms with Crippen molar-refractivity contribution in [2.24, 2.45) is 0 Å². The minimum absolute atomic E-state index is 0.604. The second-order valence-electron chi connectivity index (χ2n) is 4.38. The lowest BCUT2D eigenvalue weighted by Crippen LogP contribution is -2.09. The Kier molecular flexibility index (Phi) is 5.95. The molecule has 0 aliphatic rings. The molecule has 0 saturated carbocycles. The molecular formula is C15H21N3O2S. The van der Waals surface area contributed by atoms with E-state index in [1.807, 2.05) is 39.1 Å². The molecule has 6 heteroatoms. The van der Waals surface area contributed by atoms with Crippen molar-refractivity contribution in [1.82, 2.24) is 15.5 Å². The van der Waals surface area contributed by atoms with Crippen molar-refractivity contribution in [2.45, 2.75) is 20.3 Å². The van der Waals surface area contributed by atoms with Crippen molar-refractivity contribution in [3.8, 4) is 22.1 Å². The summed E-state index contributed by atoms with van der Waals surface area (Å²) in [4.78, 5) is 0. The maximum atomic E-state index is 5.64. The summed E-state index contributed by atoms with van der Waals surface area (Å²) < 4.78 is 11.2. The first-order chi connectivity index (χ1) is 10.3. The maximum Gasteiger partial charge on any atom is 0.161 e. The first-order valence-electron chi connectivity index (χ1n) is 7.15. The van der Waals surface area contributed by atoms with E-state index < -0.39 is 0 Å². The molecule has 1 aromatic carbocycles. The van der Waals surface area contributed by atoms with Gasteiger partial charge >= 0.3 is 0 Å². The Morgan fingerprint density at radius 2 is 1.86 bits per heavy atom. The fraction of sp³-hybridized carbons (Fsp3) is 0.467. The Balaban J connectivity index is 2.22.